The first kappa shape index (κ1) is 14.5. The lowest BCUT2D eigenvalue weighted by atomic mass is 9.66. The summed E-state index contributed by atoms with van der Waals surface area (Å²) < 4.78 is 0. The largest absolute Gasteiger partial charge is 0.0777 e. The van der Waals surface area contributed by atoms with Crippen molar-refractivity contribution in [2.24, 2.45) is 17.3 Å². The molecule has 0 radical (unpaired) electrons. The second kappa shape index (κ2) is 6.42. The molecule has 1 aliphatic carbocycles. The zero-order chi connectivity index (χ0) is 12.9. The van der Waals surface area contributed by atoms with Crippen molar-refractivity contribution in [3.63, 3.8) is 0 Å². The minimum Gasteiger partial charge on any atom is -0.0777 e. The van der Waals surface area contributed by atoms with Gasteiger partial charge < -0.3 is 0 Å². The molecule has 1 rings (SSSR count). The van der Waals surface area contributed by atoms with Gasteiger partial charge in [-0.05, 0) is 36.5 Å². The Morgan fingerprint density at radius 1 is 1.24 bits per heavy atom. The minimum atomic E-state index is 0.388. The molecule has 1 aliphatic rings. The summed E-state index contributed by atoms with van der Waals surface area (Å²) >= 11 is 0. The van der Waals surface area contributed by atoms with Gasteiger partial charge in [-0.25, -0.2) is 0 Å². The van der Waals surface area contributed by atoms with Crippen molar-refractivity contribution in [1.29, 1.82) is 0 Å². The fourth-order valence-corrected chi connectivity index (χ4v) is 3.18. The van der Waals surface area contributed by atoms with E-state index >= 15 is 0 Å². The lowest BCUT2D eigenvalue weighted by Crippen LogP contribution is -2.30. The summed E-state index contributed by atoms with van der Waals surface area (Å²) in [6.07, 6.45) is 13.9. The summed E-state index contributed by atoms with van der Waals surface area (Å²) in [7, 11) is 0. The highest BCUT2D eigenvalue weighted by Gasteiger charge is 2.33. The van der Waals surface area contributed by atoms with E-state index in [1.165, 1.54) is 32.1 Å². The maximum Gasteiger partial charge on any atom is -0.00780 e. The van der Waals surface area contributed by atoms with E-state index in [1.807, 2.05) is 0 Å². The normalized spacial score (nSPS) is 28.6. The van der Waals surface area contributed by atoms with Crippen LogP contribution in [0.5, 0.6) is 0 Å². The molecule has 0 heterocycles. The standard InChI is InChI=1S/C17H30/c1-6-8-9-15-10-12-17(5,11-7-2)16(13-15)14(3)4/h10,12-14,16H,6-9,11H2,1-5H3. The van der Waals surface area contributed by atoms with Crippen LogP contribution in [0.25, 0.3) is 0 Å². The molecule has 0 N–H and O–H groups in total. The maximum atomic E-state index is 2.57. The molecule has 0 saturated carbocycles. The number of allylic oxidation sites excluding steroid dienone is 4. The molecule has 0 bridgehead atoms. The molecule has 0 spiro atoms. The zero-order valence-corrected chi connectivity index (χ0v) is 12.4. The summed E-state index contributed by atoms with van der Waals surface area (Å²) in [6, 6.07) is 0. The first-order valence-electron chi connectivity index (χ1n) is 7.43. The Morgan fingerprint density at radius 3 is 2.47 bits per heavy atom. The van der Waals surface area contributed by atoms with Gasteiger partial charge in [0.15, 0.2) is 0 Å². The van der Waals surface area contributed by atoms with E-state index < -0.39 is 0 Å². The van der Waals surface area contributed by atoms with Gasteiger partial charge in [-0.3, -0.25) is 0 Å². The molecular weight excluding hydrogens is 204 g/mol. The van der Waals surface area contributed by atoms with Crippen molar-refractivity contribution in [3.05, 3.63) is 23.8 Å². The van der Waals surface area contributed by atoms with E-state index in [4.69, 9.17) is 0 Å². The maximum absolute atomic E-state index is 2.57. The zero-order valence-electron chi connectivity index (χ0n) is 12.4. The van der Waals surface area contributed by atoms with Crippen molar-refractivity contribution in [2.75, 3.05) is 0 Å². The van der Waals surface area contributed by atoms with Crippen molar-refractivity contribution in [2.45, 2.75) is 66.7 Å². The van der Waals surface area contributed by atoms with Gasteiger partial charge in [0.1, 0.15) is 0 Å². The van der Waals surface area contributed by atoms with E-state index in [0.29, 0.717) is 5.41 Å². The van der Waals surface area contributed by atoms with Crippen LogP contribution in [-0.2, 0) is 0 Å². The van der Waals surface area contributed by atoms with Crippen LogP contribution >= 0.6 is 0 Å². The Kier molecular flexibility index (Phi) is 5.49. The summed E-state index contributed by atoms with van der Waals surface area (Å²) in [5.41, 5.74) is 1.96. The lowest BCUT2D eigenvalue weighted by Gasteiger charge is -2.39. The first-order chi connectivity index (χ1) is 8.03. The van der Waals surface area contributed by atoms with Gasteiger partial charge >= 0.3 is 0 Å². The van der Waals surface area contributed by atoms with Crippen LogP contribution in [0.15, 0.2) is 23.8 Å². The summed E-state index contributed by atoms with van der Waals surface area (Å²) in [6.45, 7) is 11.7. The molecule has 2 atom stereocenters. The monoisotopic (exact) mass is 234 g/mol. The second-order valence-electron chi connectivity index (χ2n) is 6.20. The predicted octanol–water partition coefficient (Wildman–Crippen LogP) is 5.75. The van der Waals surface area contributed by atoms with Crippen LogP contribution in [0, 0.1) is 17.3 Å². The van der Waals surface area contributed by atoms with Crippen molar-refractivity contribution in [1.82, 2.24) is 0 Å². The molecular formula is C17H30. The van der Waals surface area contributed by atoms with Gasteiger partial charge in [0.25, 0.3) is 0 Å². The quantitative estimate of drug-likeness (QED) is 0.549. The molecule has 98 valence electrons. The van der Waals surface area contributed by atoms with Crippen LogP contribution in [0.3, 0.4) is 0 Å². The second-order valence-corrected chi connectivity index (χ2v) is 6.20. The first-order valence-corrected chi connectivity index (χ1v) is 7.43. The molecule has 0 nitrogen and oxygen atoms in total. The SMILES string of the molecule is CCCCC1=CC(C(C)C)C(C)(CCC)C=C1. The Labute approximate surface area is 108 Å². The van der Waals surface area contributed by atoms with Crippen molar-refractivity contribution < 1.29 is 0 Å². The highest BCUT2D eigenvalue weighted by Crippen LogP contribution is 2.43. The van der Waals surface area contributed by atoms with Gasteiger partial charge in [0.2, 0.25) is 0 Å². The molecule has 2 unspecified atom stereocenters. The molecule has 0 aromatic carbocycles. The number of hydrogen-bond donors (Lipinski definition) is 0. The van der Waals surface area contributed by atoms with Crippen molar-refractivity contribution in [3.8, 4) is 0 Å². The highest BCUT2D eigenvalue weighted by atomic mass is 14.4. The molecule has 0 amide bonds. The highest BCUT2D eigenvalue weighted by molar-refractivity contribution is 5.28. The van der Waals surface area contributed by atoms with Gasteiger partial charge in [0, 0.05) is 0 Å². The summed E-state index contributed by atoms with van der Waals surface area (Å²) in [4.78, 5) is 0. The molecule has 0 fully saturated rings. The number of rotatable bonds is 6. The van der Waals surface area contributed by atoms with Crippen LogP contribution in [0.1, 0.15) is 66.7 Å². The van der Waals surface area contributed by atoms with Crippen LogP contribution in [-0.4, -0.2) is 0 Å². The van der Waals surface area contributed by atoms with E-state index in [0.717, 1.165) is 11.8 Å². The van der Waals surface area contributed by atoms with Gasteiger partial charge in [0.05, 0.1) is 0 Å². The van der Waals surface area contributed by atoms with Crippen LogP contribution < -0.4 is 0 Å². The minimum absolute atomic E-state index is 0.388. The predicted molar refractivity (Wildman–Crippen MR) is 78.1 cm³/mol. The average molecular weight is 234 g/mol. The molecule has 0 heteroatoms. The van der Waals surface area contributed by atoms with Gasteiger partial charge in [-0.15, -0.1) is 0 Å². The Hall–Kier alpha value is -0.520. The summed E-state index contributed by atoms with van der Waals surface area (Å²) in [5, 5.41) is 0. The summed E-state index contributed by atoms with van der Waals surface area (Å²) in [5.74, 6) is 1.47. The lowest BCUT2D eigenvalue weighted by molar-refractivity contribution is 0.219. The van der Waals surface area contributed by atoms with Crippen molar-refractivity contribution >= 4 is 0 Å². The van der Waals surface area contributed by atoms with E-state index in [1.54, 1.807) is 5.57 Å². The fourth-order valence-electron chi connectivity index (χ4n) is 3.18. The average Bonchev–Trinajstić information content (AvgIpc) is 2.28. The van der Waals surface area contributed by atoms with Crippen LogP contribution in [0.2, 0.25) is 0 Å². The topological polar surface area (TPSA) is 0 Å². The molecule has 0 aliphatic heterocycles. The van der Waals surface area contributed by atoms with Gasteiger partial charge in [-0.2, -0.15) is 0 Å². The van der Waals surface area contributed by atoms with E-state index in [2.05, 4.69) is 52.8 Å². The molecule has 0 saturated heterocycles. The molecule has 0 aromatic heterocycles. The molecule has 17 heavy (non-hydrogen) atoms. The van der Waals surface area contributed by atoms with E-state index in [-0.39, 0.29) is 0 Å². The Bertz CT molecular complexity index is 282. The van der Waals surface area contributed by atoms with E-state index in [9.17, 15) is 0 Å². The third-order valence-corrected chi connectivity index (χ3v) is 4.16. The van der Waals surface area contributed by atoms with Gasteiger partial charge in [-0.1, -0.05) is 71.3 Å². The number of hydrogen-bond acceptors (Lipinski definition) is 0. The Morgan fingerprint density at radius 2 is 1.94 bits per heavy atom. The Balaban J connectivity index is 2.81. The molecule has 0 aromatic rings. The number of unbranched alkanes of at least 4 members (excludes halogenated alkanes) is 1. The van der Waals surface area contributed by atoms with Crippen LogP contribution in [0.4, 0.5) is 0 Å². The third-order valence-electron chi connectivity index (χ3n) is 4.16. The smallest absolute Gasteiger partial charge is 0.00780 e. The fraction of sp³-hybridized carbons (Fsp3) is 0.765. The third kappa shape index (κ3) is 3.72.